The smallest absolute Gasteiger partial charge is 0.124 e. The number of nitrogens with two attached hydrogens (primary N) is 1. The third kappa shape index (κ3) is 5.11. The summed E-state index contributed by atoms with van der Waals surface area (Å²) >= 11 is 0. The number of benzene rings is 1. The van der Waals surface area contributed by atoms with Crippen LogP contribution in [0.25, 0.3) is 0 Å². The van der Waals surface area contributed by atoms with Crippen molar-refractivity contribution in [2.24, 2.45) is 5.73 Å². The maximum atomic E-state index is 6.25. The fourth-order valence-corrected chi connectivity index (χ4v) is 1.99. The van der Waals surface area contributed by atoms with Gasteiger partial charge >= 0.3 is 0 Å². The van der Waals surface area contributed by atoms with Crippen LogP contribution in [0.1, 0.15) is 59.1 Å². The Kier molecular flexibility index (Phi) is 6.16. The largest absolute Gasteiger partial charge is 0.491 e. The Morgan fingerprint density at radius 3 is 2.21 bits per heavy atom. The zero-order chi connectivity index (χ0) is 14.4. The molecular weight excluding hydrogens is 238 g/mol. The fraction of sp³-hybridized carbons (Fsp3) is 0.625. The Morgan fingerprint density at radius 2 is 1.68 bits per heavy atom. The predicted octanol–water partition coefficient (Wildman–Crippen LogP) is 4.06. The van der Waals surface area contributed by atoms with Gasteiger partial charge in [0, 0.05) is 11.6 Å². The Hall–Kier alpha value is -1.22. The van der Waals surface area contributed by atoms with E-state index in [2.05, 4.69) is 6.92 Å². The maximum absolute atomic E-state index is 6.25. The van der Waals surface area contributed by atoms with E-state index in [1.54, 1.807) is 0 Å². The molecule has 0 saturated heterocycles. The van der Waals surface area contributed by atoms with Crippen LogP contribution in [-0.2, 0) is 0 Å². The van der Waals surface area contributed by atoms with Crippen LogP contribution >= 0.6 is 0 Å². The second-order valence-corrected chi connectivity index (χ2v) is 5.43. The molecule has 108 valence electrons. The van der Waals surface area contributed by atoms with E-state index in [1.165, 1.54) is 0 Å². The van der Waals surface area contributed by atoms with Crippen LogP contribution < -0.4 is 15.2 Å². The summed E-state index contributed by atoms with van der Waals surface area (Å²) in [6.07, 6.45) is 2.30. The molecule has 19 heavy (non-hydrogen) atoms. The van der Waals surface area contributed by atoms with Gasteiger partial charge in [0.05, 0.1) is 12.2 Å². The van der Waals surface area contributed by atoms with E-state index in [0.29, 0.717) is 0 Å². The van der Waals surface area contributed by atoms with Crippen LogP contribution in [0, 0.1) is 0 Å². The van der Waals surface area contributed by atoms with Gasteiger partial charge in [-0.3, -0.25) is 0 Å². The topological polar surface area (TPSA) is 44.5 Å². The van der Waals surface area contributed by atoms with Crippen molar-refractivity contribution < 1.29 is 9.47 Å². The molecule has 1 aromatic carbocycles. The van der Waals surface area contributed by atoms with Gasteiger partial charge in [0.25, 0.3) is 0 Å². The molecule has 0 spiro atoms. The lowest BCUT2D eigenvalue weighted by molar-refractivity contribution is 0.231. The average molecular weight is 265 g/mol. The number of hydrogen-bond donors (Lipinski definition) is 1. The van der Waals surface area contributed by atoms with Crippen LogP contribution in [0.2, 0.25) is 0 Å². The van der Waals surface area contributed by atoms with Crippen LogP contribution in [0.5, 0.6) is 11.5 Å². The zero-order valence-corrected chi connectivity index (χ0v) is 12.8. The molecule has 3 heteroatoms. The lowest BCUT2D eigenvalue weighted by Gasteiger charge is -2.20. The number of hydrogen-bond acceptors (Lipinski definition) is 3. The van der Waals surface area contributed by atoms with Crippen LogP contribution in [0.15, 0.2) is 18.2 Å². The molecule has 1 aromatic rings. The molecule has 0 radical (unpaired) electrons. The van der Waals surface area contributed by atoms with Crippen LogP contribution in [0.4, 0.5) is 0 Å². The van der Waals surface area contributed by atoms with Crippen molar-refractivity contribution >= 4 is 0 Å². The SMILES string of the molecule is CCCC(N)c1cc(OC(C)C)ccc1OC(C)C. The summed E-state index contributed by atoms with van der Waals surface area (Å²) in [6.45, 7) is 10.2. The molecule has 1 unspecified atom stereocenters. The standard InChI is InChI=1S/C16H27NO2/c1-6-7-15(17)14-10-13(18-11(2)3)8-9-16(14)19-12(4)5/h8-12,15H,6-7,17H2,1-5H3. The van der Waals surface area contributed by atoms with E-state index in [9.17, 15) is 0 Å². The number of rotatable bonds is 7. The van der Waals surface area contributed by atoms with Crippen molar-refractivity contribution in [1.29, 1.82) is 0 Å². The zero-order valence-electron chi connectivity index (χ0n) is 12.8. The van der Waals surface area contributed by atoms with Gasteiger partial charge in [-0.1, -0.05) is 13.3 Å². The third-order valence-electron chi connectivity index (χ3n) is 2.71. The van der Waals surface area contributed by atoms with Gasteiger partial charge in [0.1, 0.15) is 11.5 Å². The van der Waals surface area contributed by atoms with Crippen molar-refractivity contribution in [2.75, 3.05) is 0 Å². The van der Waals surface area contributed by atoms with Gasteiger partial charge < -0.3 is 15.2 Å². The van der Waals surface area contributed by atoms with E-state index >= 15 is 0 Å². The molecule has 1 rings (SSSR count). The molecule has 0 aliphatic carbocycles. The Balaban J connectivity index is 3.02. The first-order valence-corrected chi connectivity index (χ1v) is 7.16. The molecule has 0 aliphatic heterocycles. The molecule has 0 aromatic heterocycles. The van der Waals surface area contributed by atoms with E-state index in [1.807, 2.05) is 45.9 Å². The highest BCUT2D eigenvalue weighted by molar-refractivity contribution is 5.42. The molecular formula is C16H27NO2. The molecule has 0 saturated carbocycles. The molecule has 0 fully saturated rings. The highest BCUT2D eigenvalue weighted by Crippen LogP contribution is 2.31. The summed E-state index contributed by atoms with van der Waals surface area (Å²) < 4.78 is 11.6. The molecule has 2 N–H and O–H groups in total. The highest BCUT2D eigenvalue weighted by atomic mass is 16.5. The minimum absolute atomic E-state index is 0.00513. The maximum Gasteiger partial charge on any atom is 0.124 e. The van der Waals surface area contributed by atoms with E-state index in [4.69, 9.17) is 15.2 Å². The highest BCUT2D eigenvalue weighted by Gasteiger charge is 2.14. The quantitative estimate of drug-likeness (QED) is 0.808. The monoisotopic (exact) mass is 265 g/mol. The number of ether oxygens (including phenoxy) is 2. The summed E-state index contributed by atoms with van der Waals surface area (Å²) in [5, 5.41) is 0. The second-order valence-electron chi connectivity index (χ2n) is 5.43. The van der Waals surface area contributed by atoms with E-state index in [-0.39, 0.29) is 18.2 Å². The molecule has 0 bridgehead atoms. The normalized spacial score (nSPS) is 12.8. The first kappa shape index (κ1) is 15.8. The molecule has 0 amide bonds. The van der Waals surface area contributed by atoms with Crippen LogP contribution in [0.3, 0.4) is 0 Å². The van der Waals surface area contributed by atoms with E-state index < -0.39 is 0 Å². The van der Waals surface area contributed by atoms with Gasteiger partial charge in [0.2, 0.25) is 0 Å². The van der Waals surface area contributed by atoms with Crippen molar-refractivity contribution in [1.82, 2.24) is 0 Å². The minimum atomic E-state index is -0.00513. The lowest BCUT2D eigenvalue weighted by Crippen LogP contribution is -2.15. The minimum Gasteiger partial charge on any atom is -0.491 e. The van der Waals surface area contributed by atoms with Gasteiger partial charge in [-0.25, -0.2) is 0 Å². The summed E-state index contributed by atoms with van der Waals surface area (Å²) in [5.74, 6) is 1.72. The van der Waals surface area contributed by atoms with Crippen LogP contribution in [-0.4, -0.2) is 12.2 Å². The molecule has 0 aliphatic rings. The lowest BCUT2D eigenvalue weighted by atomic mass is 10.0. The summed E-state index contributed by atoms with van der Waals surface area (Å²) in [6, 6.07) is 5.91. The van der Waals surface area contributed by atoms with Crippen molar-refractivity contribution in [3.8, 4) is 11.5 Å². The Morgan fingerprint density at radius 1 is 1.05 bits per heavy atom. The fourth-order valence-electron chi connectivity index (χ4n) is 1.99. The Bertz CT molecular complexity index is 388. The molecule has 1 atom stereocenters. The predicted molar refractivity (Wildman–Crippen MR) is 79.8 cm³/mol. The van der Waals surface area contributed by atoms with Crippen molar-refractivity contribution in [3.63, 3.8) is 0 Å². The summed E-state index contributed by atoms with van der Waals surface area (Å²) in [4.78, 5) is 0. The third-order valence-corrected chi connectivity index (χ3v) is 2.71. The first-order chi connectivity index (χ1) is 8.93. The second kappa shape index (κ2) is 7.39. The first-order valence-electron chi connectivity index (χ1n) is 7.16. The van der Waals surface area contributed by atoms with Crippen molar-refractivity contribution in [3.05, 3.63) is 23.8 Å². The van der Waals surface area contributed by atoms with Crippen molar-refractivity contribution in [2.45, 2.75) is 65.7 Å². The average Bonchev–Trinajstić information content (AvgIpc) is 2.30. The van der Waals surface area contributed by atoms with Gasteiger partial charge in [-0.2, -0.15) is 0 Å². The molecule has 3 nitrogen and oxygen atoms in total. The Labute approximate surface area is 117 Å². The summed E-state index contributed by atoms with van der Waals surface area (Å²) in [5.41, 5.74) is 7.28. The summed E-state index contributed by atoms with van der Waals surface area (Å²) in [7, 11) is 0. The van der Waals surface area contributed by atoms with Gasteiger partial charge in [0.15, 0.2) is 0 Å². The van der Waals surface area contributed by atoms with E-state index in [0.717, 1.165) is 29.9 Å². The van der Waals surface area contributed by atoms with Gasteiger partial charge in [-0.05, 0) is 52.3 Å². The van der Waals surface area contributed by atoms with Gasteiger partial charge in [-0.15, -0.1) is 0 Å². The molecule has 0 heterocycles.